The van der Waals surface area contributed by atoms with Crippen LogP contribution in [0.25, 0.3) is 0 Å². The highest BCUT2D eigenvalue weighted by atomic mass is 16.5. The highest BCUT2D eigenvalue weighted by Crippen LogP contribution is 2.13. The molecule has 3 N–H and O–H groups in total. The maximum atomic E-state index is 11.7. The van der Waals surface area contributed by atoms with Crippen LogP contribution in [-0.4, -0.2) is 38.6 Å². The van der Waals surface area contributed by atoms with Crippen molar-refractivity contribution in [3.05, 3.63) is 65.2 Å². The molecule has 0 heterocycles. The summed E-state index contributed by atoms with van der Waals surface area (Å²) < 4.78 is 5.66. The number of guanidine groups is 1. The fourth-order valence-corrected chi connectivity index (χ4v) is 2.70. The molecule has 0 bridgehead atoms. The maximum absolute atomic E-state index is 11.7. The number of ether oxygens (including phenoxy) is 1. The second-order valence-electron chi connectivity index (χ2n) is 6.69. The third kappa shape index (κ3) is 6.95. The van der Waals surface area contributed by atoms with E-state index in [2.05, 4.69) is 20.9 Å². The fraction of sp³-hybridized carbons (Fsp3) is 0.364. The van der Waals surface area contributed by atoms with Gasteiger partial charge in [-0.05, 0) is 55.7 Å². The highest BCUT2D eigenvalue weighted by Gasteiger charge is 2.04. The largest absolute Gasteiger partial charge is 0.491 e. The zero-order chi connectivity index (χ0) is 20.4. The van der Waals surface area contributed by atoms with E-state index in [1.807, 2.05) is 62.4 Å². The molecule has 0 atom stereocenters. The number of aliphatic imine (C=N–C) groups is 1. The first kappa shape index (κ1) is 21.3. The standard InChI is InChI=1S/C22H30N4O2/c1-16(2)28-20-10-8-18(9-11-20)15-26-22(24-4)25-13-12-17-6-5-7-19(14-17)21(27)23-3/h5-11,14,16H,12-13,15H2,1-4H3,(H,23,27)(H2,24,25,26). The molecule has 0 fully saturated rings. The van der Waals surface area contributed by atoms with E-state index in [4.69, 9.17) is 4.74 Å². The van der Waals surface area contributed by atoms with Gasteiger partial charge in [-0.25, -0.2) is 0 Å². The number of hydrogen-bond acceptors (Lipinski definition) is 3. The second-order valence-corrected chi connectivity index (χ2v) is 6.69. The van der Waals surface area contributed by atoms with E-state index >= 15 is 0 Å². The SMILES string of the molecule is CN=C(NCCc1cccc(C(=O)NC)c1)NCc1ccc(OC(C)C)cc1. The molecule has 2 aromatic carbocycles. The number of carbonyl (C=O) groups excluding carboxylic acids is 1. The van der Waals surface area contributed by atoms with Crippen LogP contribution in [0.2, 0.25) is 0 Å². The van der Waals surface area contributed by atoms with Gasteiger partial charge in [0.15, 0.2) is 5.96 Å². The van der Waals surface area contributed by atoms with Crippen molar-refractivity contribution in [1.29, 1.82) is 0 Å². The van der Waals surface area contributed by atoms with Crippen molar-refractivity contribution in [2.24, 2.45) is 4.99 Å². The van der Waals surface area contributed by atoms with Crippen LogP contribution in [0.1, 0.15) is 35.3 Å². The number of nitrogens with one attached hydrogen (secondary N) is 3. The predicted molar refractivity (Wildman–Crippen MR) is 114 cm³/mol. The smallest absolute Gasteiger partial charge is 0.251 e. The Labute approximate surface area is 167 Å². The molecule has 0 radical (unpaired) electrons. The summed E-state index contributed by atoms with van der Waals surface area (Å²) in [7, 11) is 3.39. The summed E-state index contributed by atoms with van der Waals surface area (Å²) in [6.45, 7) is 5.42. The Morgan fingerprint density at radius 3 is 2.46 bits per heavy atom. The van der Waals surface area contributed by atoms with E-state index < -0.39 is 0 Å². The van der Waals surface area contributed by atoms with Crippen LogP contribution >= 0.6 is 0 Å². The summed E-state index contributed by atoms with van der Waals surface area (Å²) in [5.41, 5.74) is 2.93. The maximum Gasteiger partial charge on any atom is 0.251 e. The molecule has 28 heavy (non-hydrogen) atoms. The van der Waals surface area contributed by atoms with Crippen molar-refractivity contribution in [3.8, 4) is 5.75 Å². The lowest BCUT2D eigenvalue weighted by Crippen LogP contribution is -2.37. The zero-order valence-corrected chi connectivity index (χ0v) is 17.1. The van der Waals surface area contributed by atoms with Crippen molar-refractivity contribution in [2.75, 3.05) is 20.6 Å². The molecular formula is C22H30N4O2. The van der Waals surface area contributed by atoms with Gasteiger partial charge in [0.25, 0.3) is 5.91 Å². The van der Waals surface area contributed by atoms with Crippen LogP contribution in [0.5, 0.6) is 5.75 Å². The van der Waals surface area contributed by atoms with Crippen molar-refractivity contribution in [2.45, 2.75) is 32.9 Å². The molecule has 0 aliphatic rings. The monoisotopic (exact) mass is 382 g/mol. The Balaban J connectivity index is 1.79. The van der Waals surface area contributed by atoms with Crippen LogP contribution in [-0.2, 0) is 13.0 Å². The molecule has 2 rings (SSSR count). The van der Waals surface area contributed by atoms with Crippen molar-refractivity contribution < 1.29 is 9.53 Å². The van der Waals surface area contributed by atoms with Crippen molar-refractivity contribution >= 4 is 11.9 Å². The molecule has 0 aliphatic heterocycles. The average Bonchev–Trinajstić information content (AvgIpc) is 2.70. The van der Waals surface area contributed by atoms with Gasteiger partial charge in [-0.1, -0.05) is 24.3 Å². The molecule has 0 aromatic heterocycles. The zero-order valence-electron chi connectivity index (χ0n) is 17.1. The van der Waals surface area contributed by atoms with E-state index in [0.29, 0.717) is 12.1 Å². The lowest BCUT2D eigenvalue weighted by Gasteiger charge is -2.13. The summed E-state index contributed by atoms with van der Waals surface area (Å²) in [5.74, 6) is 1.54. The molecule has 0 saturated carbocycles. The van der Waals surface area contributed by atoms with E-state index in [1.165, 1.54) is 0 Å². The van der Waals surface area contributed by atoms with E-state index in [1.54, 1.807) is 14.1 Å². The first-order valence-corrected chi connectivity index (χ1v) is 9.53. The molecule has 6 heteroatoms. The lowest BCUT2D eigenvalue weighted by molar-refractivity contribution is 0.0963. The number of nitrogens with zero attached hydrogens (tertiary/aromatic N) is 1. The van der Waals surface area contributed by atoms with Gasteiger partial charge in [0.2, 0.25) is 0 Å². The topological polar surface area (TPSA) is 74.8 Å². The van der Waals surface area contributed by atoms with Crippen LogP contribution in [0.3, 0.4) is 0 Å². The molecule has 0 unspecified atom stereocenters. The van der Waals surface area contributed by atoms with E-state index in [0.717, 1.165) is 35.8 Å². The fourth-order valence-electron chi connectivity index (χ4n) is 2.70. The number of carbonyl (C=O) groups is 1. The molecule has 6 nitrogen and oxygen atoms in total. The number of benzene rings is 2. The molecular weight excluding hydrogens is 352 g/mol. The Hall–Kier alpha value is -3.02. The highest BCUT2D eigenvalue weighted by molar-refractivity contribution is 5.94. The summed E-state index contributed by atoms with van der Waals surface area (Å²) in [5, 5.41) is 9.25. The van der Waals surface area contributed by atoms with E-state index in [-0.39, 0.29) is 12.0 Å². The van der Waals surface area contributed by atoms with Crippen LogP contribution in [0.15, 0.2) is 53.5 Å². The summed E-state index contributed by atoms with van der Waals surface area (Å²) >= 11 is 0. The van der Waals surface area contributed by atoms with Gasteiger partial charge in [0, 0.05) is 32.7 Å². The van der Waals surface area contributed by atoms with Gasteiger partial charge in [-0.15, -0.1) is 0 Å². The van der Waals surface area contributed by atoms with Crippen LogP contribution in [0, 0.1) is 0 Å². The molecule has 0 aliphatic carbocycles. The minimum absolute atomic E-state index is 0.0721. The average molecular weight is 383 g/mol. The molecule has 1 amide bonds. The second kappa shape index (κ2) is 11.0. The normalized spacial score (nSPS) is 11.2. The van der Waals surface area contributed by atoms with Gasteiger partial charge in [0.05, 0.1) is 6.10 Å². The molecule has 0 spiro atoms. The lowest BCUT2D eigenvalue weighted by atomic mass is 10.1. The first-order chi connectivity index (χ1) is 13.5. The number of amides is 1. The number of rotatable bonds is 8. The molecule has 0 saturated heterocycles. The minimum atomic E-state index is -0.0721. The van der Waals surface area contributed by atoms with Gasteiger partial charge in [-0.2, -0.15) is 0 Å². The Morgan fingerprint density at radius 2 is 1.82 bits per heavy atom. The van der Waals surface area contributed by atoms with Gasteiger partial charge in [0.1, 0.15) is 5.75 Å². The van der Waals surface area contributed by atoms with E-state index in [9.17, 15) is 4.79 Å². The summed E-state index contributed by atoms with van der Waals surface area (Å²) in [4.78, 5) is 16.0. The number of hydrogen-bond donors (Lipinski definition) is 3. The van der Waals surface area contributed by atoms with Crippen molar-refractivity contribution in [3.63, 3.8) is 0 Å². The molecule has 2 aromatic rings. The first-order valence-electron chi connectivity index (χ1n) is 9.53. The third-order valence-corrected chi connectivity index (χ3v) is 4.10. The van der Waals surface area contributed by atoms with Crippen LogP contribution < -0.4 is 20.7 Å². The Bertz CT molecular complexity index is 785. The van der Waals surface area contributed by atoms with Gasteiger partial charge >= 0.3 is 0 Å². The van der Waals surface area contributed by atoms with Gasteiger partial charge in [-0.3, -0.25) is 9.79 Å². The van der Waals surface area contributed by atoms with Crippen LogP contribution in [0.4, 0.5) is 0 Å². The summed E-state index contributed by atoms with van der Waals surface area (Å²) in [6.07, 6.45) is 0.969. The van der Waals surface area contributed by atoms with Crippen molar-refractivity contribution in [1.82, 2.24) is 16.0 Å². The predicted octanol–water partition coefficient (Wildman–Crippen LogP) is 2.74. The quantitative estimate of drug-likeness (QED) is 0.485. The summed E-state index contributed by atoms with van der Waals surface area (Å²) in [6, 6.07) is 15.7. The van der Waals surface area contributed by atoms with Gasteiger partial charge < -0.3 is 20.7 Å². The molecule has 150 valence electrons. The Morgan fingerprint density at radius 1 is 1.07 bits per heavy atom. The Kier molecular flexibility index (Phi) is 8.34. The third-order valence-electron chi connectivity index (χ3n) is 4.10. The minimum Gasteiger partial charge on any atom is -0.491 e.